The minimum atomic E-state index is 0.391. The summed E-state index contributed by atoms with van der Waals surface area (Å²) in [5.74, 6) is 0.937. The Bertz CT molecular complexity index is 290. The lowest BCUT2D eigenvalue weighted by Crippen LogP contribution is -2.64. The molecular formula is C17H34N2. The average molecular weight is 266 g/mol. The molecule has 0 radical (unpaired) electrons. The van der Waals surface area contributed by atoms with E-state index < -0.39 is 0 Å². The van der Waals surface area contributed by atoms with E-state index in [-0.39, 0.29) is 0 Å². The minimum Gasteiger partial charge on any atom is -0.308 e. The van der Waals surface area contributed by atoms with Crippen LogP contribution in [0, 0.1) is 11.3 Å². The molecule has 2 nitrogen and oxygen atoms in total. The molecular weight excluding hydrogens is 232 g/mol. The molecule has 2 unspecified atom stereocenters. The molecule has 1 aliphatic heterocycles. The zero-order valence-electron chi connectivity index (χ0n) is 13.8. The molecule has 0 bridgehead atoms. The summed E-state index contributed by atoms with van der Waals surface area (Å²) in [4.78, 5) is 2.80. The van der Waals surface area contributed by atoms with Gasteiger partial charge in [0.2, 0.25) is 0 Å². The maximum atomic E-state index is 3.88. The van der Waals surface area contributed by atoms with Crippen molar-refractivity contribution in [2.24, 2.45) is 11.3 Å². The van der Waals surface area contributed by atoms with Crippen LogP contribution in [0.1, 0.15) is 66.7 Å². The molecule has 2 heteroatoms. The molecule has 2 fully saturated rings. The van der Waals surface area contributed by atoms with Gasteiger partial charge >= 0.3 is 0 Å². The van der Waals surface area contributed by atoms with Crippen molar-refractivity contribution in [1.82, 2.24) is 10.2 Å². The highest BCUT2D eigenvalue weighted by Gasteiger charge is 2.45. The highest BCUT2D eigenvalue weighted by molar-refractivity contribution is 5.04. The summed E-state index contributed by atoms with van der Waals surface area (Å²) in [6.45, 7) is 15.6. The third kappa shape index (κ3) is 4.19. The number of hydrogen-bond donors (Lipinski definition) is 1. The zero-order valence-corrected chi connectivity index (χ0v) is 13.8. The largest absolute Gasteiger partial charge is 0.308 e. The predicted molar refractivity (Wildman–Crippen MR) is 83.5 cm³/mol. The van der Waals surface area contributed by atoms with Crippen LogP contribution in [-0.2, 0) is 0 Å². The van der Waals surface area contributed by atoms with E-state index in [1.54, 1.807) is 0 Å². The van der Waals surface area contributed by atoms with E-state index in [9.17, 15) is 0 Å². The van der Waals surface area contributed by atoms with Crippen molar-refractivity contribution in [3.8, 4) is 0 Å². The second-order valence-corrected chi connectivity index (χ2v) is 8.30. The molecule has 112 valence electrons. The smallest absolute Gasteiger partial charge is 0.0309 e. The van der Waals surface area contributed by atoms with Gasteiger partial charge in [0.25, 0.3) is 0 Å². The molecule has 0 aromatic carbocycles. The Kier molecular flexibility index (Phi) is 4.62. The van der Waals surface area contributed by atoms with Crippen LogP contribution in [0.2, 0.25) is 0 Å². The van der Waals surface area contributed by atoms with Crippen LogP contribution < -0.4 is 5.32 Å². The van der Waals surface area contributed by atoms with E-state index >= 15 is 0 Å². The maximum Gasteiger partial charge on any atom is 0.0309 e. The predicted octanol–water partition coefficient (Wildman–Crippen LogP) is 3.67. The first-order valence-corrected chi connectivity index (χ1v) is 8.33. The normalized spacial score (nSPS) is 33.6. The fraction of sp³-hybridized carbons (Fsp3) is 1.00. The van der Waals surface area contributed by atoms with Gasteiger partial charge in [0.05, 0.1) is 0 Å². The van der Waals surface area contributed by atoms with Gasteiger partial charge in [0, 0.05) is 24.7 Å². The number of piperazine rings is 1. The molecule has 0 aromatic rings. The fourth-order valence-electron chi connectivity index (χ4n) is 3.44. The van der Waals surface area contributed by atoms with Crippen molar-refractivity contribution in [3.05, 3.63) is 0 Å². The molecule has 2 aliphatic rings. The molecule has 1 heterocycles. The van der Waals surface area contributed by atoms with E-state index in [2.05, 4.69) is 44.8 Å². The lowest BCUT2D eigenvalue weighted by atomic mass is 9.87. The lowest BCUT2D eigenvalue weighted by molar-refractivity contribution is 0.0611. The summed E-state index contributed by atoms with van der Waals surface area (Å²) in [6, 6.07) is 0.763. The molecule has 1 saturated heterocycles. The summed E-state index contributed by atoms with van der Waals surface area (Å²) in [5.41, 5.74) is 0.847. The van der Waals surface area contributed by atoms with Crippen LogP contribution in [0.4, 0.5) is 0 Å². The van der Waals surface area contributed by atoms with Crippen molar-refractivity contribution in [2.45, 2.75) is 78.3 Å². The van der Waals surface area contributed by atoms with E-state index in [1.807, 2.05) is 0 Å². The van der Waals surface area contributed by atoms with Gasteiger partial charge in [-0.1, -0.05) is 34.1 Å². The van der Waals surface area contributed by atoms with E-state index in [0.29, 0.717) is 11.0 Å². The van der Waals surface area contributed by atoms with E-state index in [4.69, 9.17) is 0 Å². The van der Waals surface area contributed by atoms with E-state index in [0.717, 1.165) is 12.0 Å². The Hall–Kier alpha value is -0.0800. The van der Waals surface area contributed by atoms with Gasteiger partial charge in [0.15, 0.2) is 0 Å². The number of nitrogens with zero attached hydrogens (tertiary/aromatic N) is 1. The van der Waals surface area contributed by atoms with Gasteiger partial charge in [0.1, 0.15) is 0 Å². The monoisotopic (exact) mass is 266 g/mol. The minimum absolute atomic E-state index is 0.391. The molecule has 2 atom stereocenters. The third-order valence-electron chi connectivity index (χ3n) is 5.04. The number of hydrogen-bond acceptors (Lipinski definition) is 2. The Balaban J connectivity index is 1.95. The van der Waals surface area contributed by atoms with Crippen LogP contribution in [0.15, 0.2) is 0 Å². The molecule has 2 rings (SSSR count). The fourth-order valence-corrected chi connectivity index (χ4v) is 3.44. The third-order valence-corrected chi connectivity index (χ3v) is 5.04. The number of nitrogens with one attached hydrogen (secondary N) is 1. The van der Waals surface area contributed by atoms with Gasteiger partial charge in [-0.15, -0.1) is 0 Å². The van der Waals surface area contributed by atoms with Crippen molar-refractivity contribution in [2.75, 3.05) is 19.6 Å². The Morgan fingerprint density at radius 3 is 2.47 bits per heavy atom. The van der Waals surface area contributed by atoms with Crippen LogP contribution in [0.5, 0.6) is 0 Å². The van der Waals surface area contributed by atoms with Gasteiger partial charge in [-0.05, 0) is 50.5 Å². The summed E-state index contributed by atoms with van der Waals surface area (Å²) >= 11 is 0. The average Bonchev–Trinajstić information content (AvgIpc) is 3.13. The maximum absolute atomic E-state index is 3.88. The Morgan fingerprint density at radius 2 is 1.95 bits per heavy atom. The van der Waals surface area contributed by atoms with Gasteiger partial charge < -0.3 is 5.32 Å². The quantitative estimate of drug-likeness (QED) is 0.817. The van der Waals surface area contributed by atoms with Crippen LogP contribution in [-0.4, -0.2) is 36.1 Å². The van der Waals surface area contributed by atoms with Gasteiger partial charge in [-0.2, -0.15) is 0 Å². The zero-order chi connectivity index (χ0) is 14.1. The Labute approximate surface area is 120 Å². The van der Waals surface area contributed by atoms with Crippen molar-refractivity contribution in [1.29, 1.82) is 0 Å². The van der Waals surface area contributed by atoms with E-state index in [1.165, 1.54) is 51.7 Å². The van der Waals surface area contributed by atoms with Gasteiger partial charge in [-0.3, -0.25) is 4.90 Å². The SMILES string of the molecule is CCCC1CNC(C)(C2CC2)CN1CCC(C)(C)C. The molecule has 0 aromatic heterocycles. The molecule has 1 N–H and O–H groups in total. The number of rotatable bonds is 5. The van der Waals surface area contributed by atoms with Crippen molar-refractivity contribution < 1.29 is 0 Å². The molecule has 0 amide bonds. The first-order valence-electron chi connectivity index (χ1n) is 8.33. The molecule has 19 heavy (non-hydrogen) atoms. The summed E-state index contributed by atoms with van der Waals surface area (Å²) in [7, 11) is 0. The first-order chi connectivity index (χ1) is 8.84. The van der Waals surface area contributed by atoms with Crippen LogP contribution >= 0.6 is 0 Å². The topological polar surface area (TPSA) is 15.3 Å². The van der Waals surface area contributed by atoms with Gasteiger partial charge in [-0.25, -0.2) is 0 Å². The molecule has 1 saturated carbocycles. The second kappa shape index (κ2) is 5.73. The summed E-state index contributed by atoms with van der Waals surface area (Å²) in [6.07, 6.45) is 6.84. The standard InChI is InChI=1S/C17H34N2/c1-6-7-15-12-18-17(5,14-8-9-14)13-19(15)11-10-16(2,3)4/h14-15,18H,6-13H2,1-5H3. The van der Waals surface area contributed by atoms with Crippen molar-refractivity contribution in [3.63, 3.8) is 0 Å². The van der Waals surface area contributed by atoms with Crippen LogP contribution in [0.3, 0.4) is 0 Å². The molecule has 0 spiro atoms. The second-order valence-electron chi connectivity index (χ2n) is 8.30. The highest BCUT2D eigenvalue weighted by atomic mass is 15.3. The summed E-state index contributed by atoms with van der Waals surface area (Å²) in [5, 5.41) is 3.88. The first kappa shape index (κ1) is 15.3. The summed E-state index contributed by atoms with van der Waals surface area (Å²) < 4.78 is 0. The van der Waals surface area contributed by atoms with Crippen LogP contribution in [0.25, 0.3) is 0 Å². The molecule has 1 aliphatic carbocycles. The lowest BCUT2D eigenvalue weighted by Gasteiger charge is -2.47. The Morgan fingerprint density at radius 1 is 1.26 bits per heavy atom. The highest BCUT2D eigenvalue weighted by Crippen LogP contribution is 2.41. The van der Waals surface area contributed by atoms with Crippen molar-refractivity contribution >= 4 is 0 Å².